The first-order valence-electron chi connectivity index (χ1n) is 7.89. The molecule has 4 heteroatoms. The largest absolute Gasteiger partial charge is 0.289 e. The number of amides is 1. The molecule has 0 aliphatic heterocycles. The van der Waals surface area contributed by atoms with Crippen LogP contribution < -0.4 is 5.48 Å². The van der Waals surface area contributed by atoms with Gasteiger partial charge in [-0.1, -0.05) is 61.3 Å². The van der Waals surface area contributed by atoms with E-state index >= 15 is 0 Å². The molecular formula is C19H22ClNO2. The lowest BCUT2D eigenvalue weighted by molar-refractivity contribution is -0.129. The molecule has 23 heavy (non-hydrogen) atoms. The summed E-state index contributed by atoms with van der Waals surface area (Å²) in [5.41, 5.74) is 5.30. The fourth-order valence-electron chi connectivity index (χ4n) is 2.61. The van der Waals surface area contributed by atoms with Crippen molar-refractivity contribution in [1.29, 1.82) is 0 Å². The number of hydrogen-bond donors (Lipinski definition) is 2. The monoisotopic (exact) mass is 331 g/mol. The van der Waals surface area contributed by atoms with E-state index in [1.165, 1.54) is 11.1 Å². The molecule has 0 fully saturated rings. The van der Waals surface area contributed by atoms with Crippen molar-refractivity contribution in [1.82, 2.24) is 5.48 Å². The van der Waals surface area contributed by atoms with E-state index in [9.17, 15) is 4.79 Å². The molecular weight excluding hydrogens is 310 g/mol. The fourth-order valence-corrected chi connectivity index (χ4v) is 2.73. The first kappa shape index (κ1) is 17.5. The minimum absolute atomic E-state index is 0.315. The Hall–Kier alpha value is -1.84. The van der Waals surface area contributed by atoms with Crippen LogP contribution in [0.1, 0.15) is 44.1 Å². The normalized spacial score (nSPS) is 12.0. The van der Waals surface area contributed by atoms with Gasteiger partial charge < -0.3 is 0 Å². The zero-order chi connectivity index (χ0) is 16.7. The maximum Gasteiger partial charge on any atom is 0.243 e. The van der Waals surface area contributed by atoms with Crippen molar-refractivity contribution >= 4 is 17.5 Å². The van der Waals surface area contributed by atoms with E-state index in [1.807, 2.05) is 24.3 Å². The van der Waals surface area contributed by atoms with Crippen LogP contribution in [0.5, 0.6) is 0 Å². The lowest BCUT2D eigenvalue weighted by Crippen LogP contribution is -2.17. The van der Waals surface area contributed by atoms with E-state index in [1.54, 1.807) is 5.48 Å². The summed E-state index contributed by atoms with van der Waals surface area (Å²) in [7, 11) is 0. The van der Waals surface area contributed by atoms with Crippen LogP contribution in [0.4, 0.5) is 0 Å². The molecule has 2 N–H and O–H groups in total. The van der Waals surface area contributed by atoms with Crippen LogP contribution in [-0.4, -0.2) is 11.1 Å². The van der Waals surface area contributed by atoms with Crippen LogP contribution in [0.3, 0.4) is 0 Å². The van der Waals surface area contributed by atoms with Crippen LogP contribution in [0.15, 0.2) is 48.5 Å². The molecule has 2 aromatic carbocycles. The average molecular weight is 332 g/mol. The number of benzene rings is 2. The molecule has 0 aromatic heterocycles. The lowest BCUT2D eigenvalue weighted by Gasteiger charge is -2.12. The van der Waals surface area contributed by atoms with Gasteiger partial charge in [0.25, 0.3) is 0 Å². The lowest BCUT2D eigenvalue weighted by atomic mass is 9.93. The van der Waals surface area contributed by atoms with Gasteiger partial charge in [0.2, 0.25) is 5.91 Å². The maximum absolute atomic E-state index is 11.0. The maximum atomic E-state index is 11.0. The number of hydrogen-bond acceptors (Lipinski definition) is 2. The van der Waals surface area contributed by atoms with Gasteiger partial charge >= 0.3 is 0 Å². The summed E-state index contributed by atoms with van der Waals surface area (Å²) in [6.45, 7) is 2.20. The number of nitrogens with one attached hydrogen (secondary N) is 1. The summed E-state index contributed by atoms with van der Waals surface area (Å²) < 4.78 is 0. The smallest absolute Gasteiger partial charge is 0.243 e. The Balaban J connectivity index is 1.88. The number of rotatable bonds is 7. The third kappa shape index (κ3) is 5.38. The van der Waals surface area contributed by atoms with E-state index in [4.69, 9.17) is 16.8 Å². The molecule has 0 bridgehead atoms. The van der Waals surface area contributed by atoms with Gasteiger partial charge in [0.15, 0.2) is 0 Å². The summed E-state index contributed by atoms with van der Waals surface area (Å²) in [6.07, 6.45) is 3.16. The molecule has 0 saturated heterocycles. The Bertz CT molecular complexity index is 623. The molecule has 2 rings (SSSR count). The number of carbonyl (C=O) groups is 1. The van der Waals surface area contributed by atoms with Crippen molar-refractivity contribution in [2.75, 3.05) is 0 Å². The Kier molecular flexibility index (Phi) is 6.63. The highest BCUT2D eigenvalue weighted by Gasteiger charge is 2.07. The van der Waals surface area contributed by atoms with Gasteiger partial charge in [-0.25, -0.2) is 5.48 Å². The Morgan fingerprint density at radius 1 is 1.04 bits per heavy atom. The highest BCUT2D eigenvalue weighted by Crippen LogP contribution is 2.26. The van der Waals surface area contributed by atoms with Crippen LogP contribution in [0.25, 0.3) is 11.1 Å². The number of carbonyl (C=O) groups excluding carboxylic acids is 1. The van der Waals surface area contributed by atoms with E-state index in [0.717, 1.165) is 29.8 Å². The molecule has 3 nitrogen and oxygen atoms in total. The molecule has 0 radical (unpaired) electrons. The summed E-state index contributed by atoms with van der Waals surface area (Å²) in [6, 6.07) is 16.4. The summed E-state index contributed by atoms with van der Waals surface area (Å²) in [5.74, 6) is 0.136. The van der Waals surface area contributed by atoms with Crippen molar-refractivity contribution in [2.45, 2.75) is 38.5 Å². The van der Waals surface area contributed by atoms with Crippen molar-refractivity contribution in [3.63, 3.8) is 0 Å². The molecule has 122 valence electrons. The van der Waals surface area contributed by atoms with Crippen molar-refractivity contribution in [2.24, 2.45) is 0 Å². The Morgan fingerprint density at radius 2 is 1.61 bits per heavy atom. The third-order valence-electron chi connectivity index (χ3n) is 4.07. The van der Waals surface area contributed by atoms with Crippen LogP contribution in [-0.2, 0) is 4.79 Å². The molecule has 0 aliphatic rings. The van der Waals surface area contributed by atoms with E-state index < -0.39 is 0 Å². The molecule has 0 aliphatic carbocycles. The first-order chi connectivity index (χ1) is 11.1. The fraction of sp³-hybridized carbons (Fsp3) is 0.316. The molecule has 1 unspecified atom stereocenters. The van der Waals surface area contributed by atoms with Gasteiger partial charge in [-0.05, 0) is 47.6 Å². The highest BCUT2D eigenvalue weighted by atomic mass is 35.5. The zero-order valence-electron chi connectivity index (χ0n) is 13.3. The molecule has 0 heterocycles. The molecule has 1 amide bonds. The van der Waals surface area contributed by atoms with Crippen molar-refractivity contribution < 1.29 is 10.0 Å². The Labute approximate surface area is 142 Å². The number of unbranched alkanes of at least 4 members (excludes halogenated alkanes) is 1. The molecule has 2 aromatic rings. The van der Waals surface area contributed by atoms with E-state index in [2.05, 4.69) is 31.2 Å². The Morgan fingerprint density at radius 3 is 2.17 bits per heavy atom. The second-order valence-electron chi connectivity index (χ2n) is 5.81. The topological polar surface area (TPSA) is 49.3 Å². The summed E-state index contributed by atoms with van der Waals surface area (Å²) >= 11 is 5.92. The second-order valence-corrected chi connectivity index (χ2v) is 6.25. The SMILES string of the molecule is CC(CCCCC(=O)NO)c1ccc(-c2ccc(Cl)cc2)cc1. The quantitative estimate of drug-likeness (QED) is 0.417. The van der Waals surface area contributed by atoms with Crippen molar-refractivity contribution in [3.8, 4) is 11.1 Å². The molecule has 0 saturated carbocycles. The summed E-state index contributed by atoms with van der Waals surface area (Å²) in [5, 5.41) is 9.19. The van der Waals surface area contributed by atoms with Gasteiger partial charge in [-0.15, -0.1) is 0 Å². The first-order valence-corrected chi connectivity index (χ1v) is 8.27. The molecule has 1 atom stereocenters. The zero-order valence-corrected chi connectivity index (χ0v) is 14.0. The standard InChI is InChI=1S/C19H22ClNO2/c1-14(4-2-3-5-19(22)21-23)15-6-8-16(9-7-15)17-10-12-18(20)13-11-17/h6-14,23H,2-5H2,1H3,(H,21,22). The van der Waals surface area contributed by atoms with Crippen LogP contribution >= 0.6 is 11.6 Å². The number of halogens is 1. The van der Waals surface area contributed by atoms with Gasteiger partial charge in [-0.3, -0.25) is 10.0 Å². The van der Waals surface area contributed by atoms with E-state index in [0.29, 0.717) is 12.3 Å². The predicted molar refractivity (Wildman–Crippen MR) is 93.7 cm³/mol. The van der Waals surface area contributed by atoms with Crippen LogP contribution in [0.2, 0.25) is 5.02 Å². The minimum Gasteiger partial charge on any atom is -0.289 e. The number of hydroxylamine groups is 1. The van der Waals surface area contributed by atoms with Gasteiger partial charge in [-0.2, -0.15) is 0 Å². The average Bonchev–Trinajstić information content (AvgIpc) is 2.59. The highest BCUT2D eigenvalue weighted by molar-refractivity contribution is 6.30. The minimum atomic E-state index is -0.315. The van der Waals surface area contributed by atoms with Gasteiger partial charge in [0, 0.05) is 11.4 Å². The van der Waals surface area contributed by atoms with Gasteiger partial charge in [0.05, 0.1) is 0 Å². The van der Waals surface area contributed by atoms with E-state index in [-0.39, 0.29) is 5.91 Å². The molecule has 0 spiro atoms. The summed E-state index contributed by atoms with van der Waals surface area (Å²) in [4.78, 5) is 11.0. The van der Waals surface area contributed by atoms with Gasteiger partial charge in [0.1, 0.15) is 0 Å². The second kappa shape index (κ2) is 8.70. The van der Waals surface area contributed by atoms with Crippen molar-refractivity contribution in [3.05, 3.63) is 59.1 Å². The van der Waals surface area contributed by atoms with Crippen LogP contribution in [0, 0.1) is 0 Å². The third-order valence-corrected chi connectivity index (χ3v) is 4.32. The predicted octanol–water partition coefficient (Wildman–Crippen LogP) is 5.18.